The summed E-state index contributed by atoms with van der Waals surface area (Å²) >= 11 is 5.73. The quantitative estimate of drug-likeness (QED) is 0.598. The van der Waals surface area contributed by atoms with Gasteiger partial charge in [0.1, 0.15) is 4.87 Å². The van der Waals surface area contributed by atoms with Crippen LogP contribution in [0.15, 0.2) is 0 Å². The van der Waals surface area contributed by atoms with E-state index in [0.29, 0.717) is 12.8 Å². The molecular formula is C7H11ClO2. The lowest BCUT2D eigenvalue weighted by Gasteiger charge is -2.46. The van der Waals surface area contributed by atoms with Crippen molar-refractivity contribution in [2.45, 2.75) is 31.6 Å². The zero-order chi connectivity index (χ0) is 7.99. The van der Waals surface area contributed by atoms with Gasteiger partial charge in [0.25, 0.3) is 0 Å². The minimum atomic E-state index is -0.955. The van der Waals surface area contributed by atoms with Crippen LogP contribution in [0.2, 0.25) is 0 Å². The predicted octanol–water partition coefficient (Wildman–Crippen LogP) is 1.87. The summed E-state index contributed by atoms with van der Waals surface area (Å²) in [6.07, 6.45) is 1.16. The molecule has 1 fully saturated rings. The molecule has 58 valence electrons. The first-order valence-corrected chi connectivity index (χ1v) is 3.66. The van der Waals surface area contributed by atoms with Crippen LogP contribution in [0.1, 0.15) is 26.7 Å². The Labute approximate surface area is 65.2 Å². The number of carbonyl (C=O) groups is 1. The Morgan fingerprint density at radius 2 is 1.90 bits per heavy atom. The van der Waals surface area contributed by atoms with Crippen molar-refractivity contribution in [3.63, 3.8) is 0 Å². The highest BCUT2D eigenvalue weighted by Crippen LogP contribution is 2.51. The fourth-order valence-electron chi connectivity index (χ4n) is 1.62. The number of rotatable bonds is 1. The van der Waals surface area contributed by atoms with Gasteiger partial charge in [0.2, 0.25) is 0 Å². The van der Waals surface area contributed by atoms with Gasteiger partial charge in [-0.15, -0.1) is 11.6 Å². The van der Waals surface area contributed by atoms with Gasteiger partial charge in [-0.2, -0.15) is 0 Å². The van der Waals surface area contributed by atoms with E-state index in [9.17, 15) is 4.79 Å². The lowest BCUT2D eigenvalue weighted by atomic mass is 9.64. The van der Waals surface area contributed by atoms with Gasteiger partial charge in [-0.25, -0.2) is 0 Å². The summed E-state index contributed by atoms with van der Waals surface area (Å²) in [5, 5.41) is 8.59. The van der Waals surface area contributed by atoms with Crippen molar-refractivity contribution in [3.05, 3.63) is 0 Å². The van der Waals surface area contributed by atoms with Crippen LogP contribution in [0, 0.1) is 5.41 Å². The second kappa shape index (κ2) is 1.88. The van der Waals surface area contributed by atoms with Gasteiger partial charge >= 0.3 is 5.97 Å². The fourth-order valence-corrected chi connectivity index (χ4v) is 2.34. The first kappa shape index (κ1) is 7.86. The standard InChI is InChI=1S/C7H11ClO2/c1-6(2)3-7(8,4-6)5(9)10/h3-4H2,1-2H3,(H,9,10). The molecule has 3 heteroatoms. The minimum Gasteiger partial charge on any atom is -0.480 e. The van der Waals surface area contributed by atoms with Crippen LogP contribution in [0.4, 0.5) is 0 Å². The van der Waals surface area contributed by atoms with Gasteiger partial charge in [0.15, 0.2) is 0 Å². The van der Waals surface area contributed by atoms with Crippen LogP contribution in [-0.2, 0) is 4.79 Å². The van der Waals surface area contributed by atoms with Crippen molar-refractivity contribution in [3.8, 4) is 0 Å². The zero-order valence-electron chi connectivity index (χ0n) is 6.15. The normalized spacial score (nSPS) is 27.1. The summed E-state index contributed by atoms with van der Waals surface area (Å²) in [5.41, 5.74) is 0.125. The van der Waals surface area contributed by atoms with Crippen molar-refractivity contribution in [1.29, 1.82) is 0 Å². The minimum absolute atomic E-state index is 0.125. The van der Waals surface area contributed by atoms with Gasteiger partial charge < -0.3 is 5.11 Å². The van der Waals surface area contributed by atoms with Gasteiger partial charge in [-0.1, -0.05) is 13.8 Å². The highest BCUT2D eigenvalue weighted by molar-refractivity contribution is 6.34. The molecule has 0 aromatic rings. The summed E-state index contributed by atoms with van der Waals surface area (Å²) in [5.74, 6) is -0.881. The molecule has 0 saturated heterocycles. The number of alkyl halides is 1. The smallest absolute Gasteiger partial charge is 0.324 e. The van der Waals surface area contributed by atoms with Gasteiger partial charge in [-0.3, -0.25) is 4.79 Å². The third-order valence-corrected chi connectivity index (χ3v) is 2.33. The zero-order valence-corrected chi connectivity index (χ0v) is 6.90. The molecule has 1 aliphatic carbocycles. The fraction of sp³-hybridized carbons (Fsp3) is 0.857. The molecule has 2 nitrogen and oxygen atoms in total. The Morgan fingerprint density at radius 1 is 1.50 bits per heavy atom. The van der Waals surface area contributed by atoms with Crippen molar-refractivity contribution < 1.29 is 9.90 Å². The maximum absolute atomic E-state index is 10.5. The van der Waals surface area contributed by atoms with Crippen LogP contribution >= 0.6 is 11.6 Å². The van der Waals surface area contributed by atoms with Gasteiger partial charge in [-0.05, 0) is 18.3 Å². The highest BCUT2D eigenvalue weighted by atomic mass is 35.5. The van der Waals surface area contributed by atoms with E-state index in [1.807, 2.05) is 13.8 Å². The average Bonchev–Trinajstić information content (AvgIpc) is 1.59. The summed E-state index contributed by atoms with van der Waals surface area (Å²) in [6.45, 7) is 4.05. The van der Waals surface area contributed by atoms with Crippen LogP contribution in [0.25, 0.3) is 0 Å². The van der Waals surface area contributed by atoms with E-state index in [2.05, 4.69) is 0 Å². The number of halogens is 1. The second-order valence-electron chi connectivity index (χ2n) is 3.79. The summed E-state index contributed by atoms with van der Waals surface area (Å²) in [6, 6.07) is 0. The number of carboxylic acid groups (broad SMARTS) is 1. The molecule has 0 spiro atoms. The van der Waals surface area contributed by atoms with Crippen LogP contribution in [0.3, 0.4) is 0 Å². The maximum Gasteiger partial charge on any atom is 0.324 e. The van der Waals surface area contributed by atoms with E-state index >= 15 is 0 Å². The van der Waals surface area contributed by atoms with Crippen LogP contribution < -0.4 is 0 Å². The molecule has 1 saturated carbocycles. The second-order valence-corrected chi connectivity index (χ2v) is 4.51. The molecule has 0 heterocycles. The molecule has 0 amide bonds. The number of hydrogen-bond acceptors (Lipinski definition) is 1. The predicted molar refractivity (Wildman–Crippen MR) is 39.2 cm³/mol. The van der Waals surface area contributed by atoms with Gasteiger partial charge in [0, 0.05) is 0 Å². The molecule has 1 rings (SSSR count). The SMILES string of the molecule is CC1(C)CC(Cl)(C(=O)O)C1. The van der Waals surface area contributed by atoms with Crippen molar-refractivity contribution in [1.82, 2.24) is 0 Å². The first-order valence-electron chi connectivity index (χ1n) is 3.28. The molecule has 0 unspecified atom stereocenters. The van der Waals surface area contributed by atoms with Crippen molar-refractivity contribution in [2.24, 2.45) is 5.41 Å². The Kier molecular flexibility index (Phi) is 1.48. The van der Waals surface area contributed by atoms with E-state index in [1.165, 1.54) is 0 Å². The molecular weight excluding hydrogens is 152 g/mol. The Hall–Kier alpha value is -0.240. The van der Waals surface area contributed by atoms with E-state index < -0.39 is 10.8 Å². The summed E-state index contributed by atoms with van der Waals surface area (Å²) in [4.78, 5) is 9.50. The van der Waals surface area contributed by atoms with E-state index in [-0.39, 0.29) is 5.41 Å². The van der Waals surface area contributed by atoms with Crippen LogP contribution in [-0.4, -0.2) is 16.0 Å². The Morgan fingerprint density at radius 3 is 2.00 bits per heavy atom. The Bertz CT molecular complexity index is 166. The van der Waals surface area contributed by atoms with E-state index in [1.54, 1.807) is 0 Å². The third kappa shape index (κ3) is 1.12. The molecule has 1 N–H and O–H groups in total. The monoisotopic (exact) mass is 162 g/mol. The van der Waals surface area contributed by atoms with Crippen molar-refractivity contribution in [2.75, 3.05) is 0 Å². The van der Waals surface area contributed by atoms with Crippen molar-refractivity contribution >= 4 is 17.6 Å². The molecule has 10 heavy (non-hydrogen) atoms. The highest BCUT2D eigenvalue weighted by Gasteiger charge is 2.53. The molecule has 0 aliphatic heterocycles. The molecule has 0 radical (unpaired) electrons. The average molecular weight is 163 g/mol. The molecule has 0 bridgehead atoms. The first-order chi connectivity index (χ1) is 4.36. The topological polar surface area (TPSA) is 37.3 Å². The third-order valence-electron chi connectivity index (χ3n) is 1.90. The summed E-state index contributed by atoms with van der Waals surface area (Å²) in [7, 11) is 0. The number of aliphatic carboxylic acids is 1. The van der Waals surface area contributed by atoms with E-state index in [0.717, 1.165) is 0 Å². The largest absolute Gasteiger partial charge is 0.480 e. The molecule has 0 atom stereocenters. The number of hydrogen-bond donors (Lipinski definition) is 1. The molecule has 0 aromatic heterocycles. The van der Waals surface area contributed by atoms with E-state index in [4.69, 9.17) is 16.7 Å². The number of carboxylic acids is 1. The van der Waals surface area contributed by atoms with Crippen LogP contribution in [0.5, 0.6) is 0 Å². The summed E-state index contributed by atoms with van der Waals surface area (Å²) < 4.78 is 0. The maximum atomic E-state index is 10.5. The molecule has 1 aliphatic rings. The lowest BCUT2D eigenvalue weighted by Crippen LogP contribution is -2.50. The Balaban J connectivity index is 2.58. The van der Waals surface area contributed by atoms with Gasteiger partial charge in [0.05, 0.1) is 0 Å². The lowest BCUT2D eigenvalue weighted by molar-refractivity contribution is -0.146. The molecule has 0 aromatic carbocycles.